The van der Waals surface area contributed by atoms with Crippen molar-refractivity contribution in [3.63, 3.8) is 0 Å². The summed E-state index contributed by atoms with van der Waals surface area (Å²) in [4.78, 5) is 24.2. The number of carbonyl (C=O) groups is 2. The number of carbonyl (C=O) groups excluding carboxylic acids is 2. The molecule has 0 unspecified atom stereocenters. The Morgan fingerprint density at radius 3 is 2.43 bits per heavy atom. The number of terminal acetylenes is 1. The molecule has 1 saturated carbocycles. The molecule has 5 heteroatoms. The Bertz CT molecular complexity index is 401. The van der Waals surface area contributed by atoms with Gasteiger partial charge in [0.1, 0.15) is 11.6 Å². The van der Waals surface area contributed by atoms with E-state index in [0.717, 1.165) is 25.7 Å². The smallest absolute Gasteiger partial charge is 0.408 e. The molecule has 1 aliphatic rings. The van der Waals surface area contributed by atoms with Crippen LogP contribution in [0.3, 0.4) is 0 Å². The molecule has 0 saturated heterocycles. The molecule has 21 heavy (non-hydrogen) atoms. The van der Waals surface area contributed by atoms with Crippen molar-refractivity contribution in [2.75, 3.05) is 6.54 Å². The van der Waals surface area contributed by atoms with E-state index < -0.39 is 17.7 Å². The minimum absolute atomic E-state index is 0.143. The van der Waals surface area contributed by atoms with Gasteiger partial charge in [0, 0.05) is 0 Å². The van der Waals surface area contributed by atoms with Gasteiger partial charge in [-0.3, -0.25) is 4.79 Å². The van der Waals surface area contributed by atoms with Crippen LogP contribution in [-0.2, 0) is 9.53 Å². The van der Waals surface area contributed by atoms with Gasteiger partial charge in [-0.2, -0.15) is 0 Å². The van der Waals surface area contributed by atoms with Crippen LogP contribution in [0.25, 0.3) is 0 Å². The minimum atomic E-state index is -0.587. The molecule has 0 aromatic heterocycles. The van der Waals surface area contributed by atoms with Crippen LogP contribution in [0.1, 0.15) is 52.9 Å². The summed E-state index contributed by atoms with van der Waals surface area (Å²) in [5.74, 6) is 2.28. The minimum Gasteiger partial charge on any atom is -0.444 e. The summed E-state index contributed by atoms with van der Waals surface area (Å²) in [7, 11) is 0. The summed E-state index contributed by atoms with van der Waals surface area (Å²) in [5.41, 5.74) is -0.587. The first-order chi connectivity index (χ1) is 9.83. The summed E-state index contributed by atoms with van der Waals surface area (Å²) in [6.07, 6.45) is 9.82. The summed E-state index contributed by atoms with van der Waals surface area (Å²) >= 11 is 0. The van der Waals surface area contributed by atoms with Crippen molar-refractivity contribution < 1.29 is 14.3 Å². The molecule has 118 valence electrons. The Balaban J connectivity index is 2.69. The lowest BCUT2D eigenvalue weighted by molar-refractivity contribution is -0.124. The lowest BCUT2D eigenvalue weighted by Gasteiger charge is -2.30. The van der Waals surface area contributed by atoms with Crippen molar-refractivity contribution >= 4 is 12.0 Å². The third-order valence-corrected chi connectivity index (χ3v) is 3.44. The maximum absolute atomic E-state index is 12.2. The van der Waals surface area contributed by atoms with E-state index in [2.05, 4.69) is 16.6 Å². The van der Waals surface area contributed by atoms with Crippen LogP contribution in [0.2, 0.25) is 0 Å². The summed E-state index contributed by atoms with van der Waals surface area (Å²) in [5, 5.41) is 5.36. The highest BCUT2D eigenvalue weighted by molar-refractivity contribution is 5.86. The van der Waals surface area contributed by atoms with E-state index in [0.29, 0.717) is 0 Å². The SMILES string of the molecule is C#CCNC(=O)[C@H](NC(=O)OC(C)(C)C)C1CCCCC1. The van der Waals surface area contributed by atoms with E-state index in [-0.39, 0.29) is 18.4 Å². The number of nitrogens with one attached hydrogen (secondary N) is 2. The molecule has 2 N–H and O–H groups in total. The van der Waals surface area contributed by atoms with Crippen molar-refractivity contribution in [1.82, 2.24) is 10.6 Å². The molecule has 1 fully saturated rings. The maximum atomic E-state index is 12.2. The van der Waals surface area contributed by atoms with Crippen molar-refractivity contribution in [3.8, 4) is 12.3 Å². The van der Waals surface area contributed by atoms with Crippen molar-refractivity contribution in [2.24, 2.45) is 5.92 Å². The van der Waals surface area contributed by atoms with Gasteiger partial charge < -0.3 is 15.4 Å². The summed E-state index contributed by atoms with van der Waals surface area (Å²) < 4.78 is 5.24. The van der Waals surface area contributed by atoms with E-state index in [1.165, 1.54) is 6.42 Å². The highest BCUT2D eigenvalue weighted by Gasteiger charge is 2.32. The second-order valence-electron chi connectivity index (χ2n) is 6.44. The highest BCUT2D eigenvalue weighted by Crippen LogP contribution is 2.26. The second kappa shape index (κ2) is 7.92. The maximum Gasteiger partial charge on any atom is 0.408 e. The molecular weight excluding hydrogens is 268 g/mol. The average molecular weight is 294 g/mol. The quantitative estimate of drug-likeness (QED) is 0.781. The number of amides is 2. The fourth-order valence-corrected chi connectivity index (χ4v) is 2.55. The van der Waals surface area contributed by atoms with E-state index >= 15 is 0 Å². The predicted molar refractivity (Wildman–Crippen MR) is 81.6 cm³/mol. The number of alkyl carbamates (subject to hydrolysis) is 1. The molecular formula is C16H26N2O3. The molecule has 0 heterocycles. The van der Waals surface area contributed by atoms with E-state index in [1.54, 1.807) is 20.8 Å². The zero-order chi connectivity index (χ0) is 15.9. The number of rotatable bonds is 4. The average Bonchev–Trinajstić information content (AvgIpc) is 2.41. The fourth-order valence-electron chi connectivity index (χ4n) is 2.55. The van der Waals surface area contributed by atoms with E-state index in [1.807, 2.05) is 0 Å². The first kappa shape index (κ1) is 17.4. The van der Waals surface area contributed by atoms with Crippen LogP contribution >= 0.6 is 0 Å². The molecule has 1 rings (SSSR count). The molecule has 0 aromatic carbocycles. The van der Waals surface area contributed by atoms with Crippen LogP contribution in [0.4, 0.5) is 4.79 Å². The first-order valence-corrected chi connectivity index (χ1v) is 7.54. The lowest BCUT2D eigenvalue weighted by Crippen LogP contribution is -2.52. The molecule has 0 bridgehead atoms. The molecule has 0 aromatic rings. The molecule has 1 aliphatic carbocycles. The van der Waals surface area contributed by atoms with Crippen LogP contribution in [0.15, 0.2) is 0 Å². The predicted octanol–water partition coefficient (Wildman–Crippen LogP) is 2.21. The van der Waals surface area contributed by atoms with Gasteiger partial charge in [-0.15, -0.1) is 6.42 Å². The van der Waals surface area contributed by atoms with Gasteiger partial charge in [0.25, 0.3) is 0 Å². The van der Waals surface area contributed by atoms with E-state index in [9.17, 15) is 9.59 Å². The molecule has 1 atom stereocenters. The topological polar surface area (TPSA) is 67.4 Å². The van der Waals surface area contributed by atoms with Gasteiger partial charge in [-0.25, -0.2) is 4.79 Å². The van der Waals surface area contributed by atoms with Gasteiger partial charge in [0.2, 0.25) is 5.91 Å². The first-order valence-electron chi connectivity index (χ1n) is 7.54. The number of ether oxygens (including phenoxy) is 1. The number of hydrogen-bond donors (Lipinski definition) is 2. The molecule has 0 radical (unpaired) electrons. The van der Waals surface area contributed by atoms with Gasteiger partial charge in [0.05, 0.1) is 6.54 Å². The molecule has 0 spiro atoms. The van der Waals surface area contributed by atoms with Gasteiger partial charge >= 0.3 is 6.09 Å². The lowest BCUT2D eigenvalue weighted by atomic mass is 9.83. The third-order valence-electron chi connectivity index (χ3n) is 3.44. The van der Waals surface area contributed by atoms with Crippen LogP contribution in [0, 0.1) is 18.3 Å². The van der Waals surface area contributed by atoms with E-state index in [4.69, 9.17) is 11.2 Å². The van der Waals surface area contributed by atoms with Crippen molar-refractivity contribution in [2.45, 2.75) is 64.5 Å². The molecule has 5 nitrogen and oxygen atoms in total. The van der Waals surface area contributed by atoms with Gasteiger partial charge in [0.15, 0.2) is 0 Å². The van der Waals surface area contributed by atoms with Crippen LogP contribution in [-0.4, -0.2) is 30.2 Å². The molecule has 0 aliphatic heterocycles. The Labute approximate surface area is 127 Å². The Kier molecular flexibility index (Phi) is 6.54. The van der Waals surface area contributed by atoms with Crippen molar-refractivity contribution in [3.05, 3.63) is 0 Å². The van der Waals surface area contributed by atoms with Crippen molar-refractivity contribution in [1.29, 1.82) is 0 Å². The Morgan fingerprint density at radius 2 is 1.90 bits per heavy atom. The van der Waals surface area contributed by atoms with Gasteiger partial charge in [-0.1, -0.05) is 25.2 Å². The fraction of sp³-hybridized carbons (Fsp3) is 0.750. The number of hydrogen-bond acceptors (Lipinski definition) is 3. The standard InChI is InChI=1S/C16H26N2O3/c1-5-11-17-14(19)13(12-9-7-6-8-10-12)18-15(20)21-16(2,3)4/h1,12-13H,6-11H2,2-4H3,(H,17,19)(H,18,20)/t13-/m1/s1. The monoisotopic (exact) mass is 294 g/mol. The third kappa shape index (κ3) is 6.52. The molecule has 2 amide bonds. The normalized spacial score (nSPS) is 17.4. The Hall–Kier alpha value is -1.70. The second-order valence-corrected chi connectivity index (χ2v) is 6.44. The summed E-state index contributed by atoms with van der Waals surface area (Å²) in [6.45, 7) is 5.54. The highest BCUT2D eigenvalue weighted by atomic mass is 16.6. The van der Waals surface area contributed by atoms with Crippen LogP contribution in [0.5, 0.6) is 0 Å². The zero-order valence-electron chi connectivity index (χ0n) is 13.2. The summed E-state index contributed by atoms with van der Waals surface area (Å²) in [6, 6.07) is -0.575. The zero-order valence-corrected chi connectivity index (χ0v) is 13.2. The van der Waals surface area contributed by atoms with Crippen LogP contribution < -0.4 is 10.6 Å². The van der Waals surface area contributed by atoms with Gasteiger partial charge in [-0.05, 0) is 39.5 Å². The Morgan fingerprint density at radius 1 is 1.29 bits per heavy atom. The largest absolute Gasteiger partial charge is 0.444 e.